The van der Waals surface area contributed by atoms with E-state index in [9.17, 15) is 5.11 Å². The van der Waals surface area contributed by atoms with Gasteiger partial charge in [-0.05, 0) is 20.3 Å². The summed E-state index contributed by atoms with van der Waals surface area (Å²) >= 11 is 0. The van der Waals surface area contributed by atoms with E-state index in [1.54, 1.807) is 0 Å². The van der Waals surface area contributed by atoms with Gasteiger partial charge in [-0.2, -0.15) is 0 Å². The molecule has 0 aliphatic rings. The molecule has 2 heteroatoms. The lowest BCUT2D eigenvalue weighted by Gasteiger charge is -2.38. The SMILES string of the molecule is C=CC/C=C(\C(C)(C)O)[Si](CC)(CC)CC. The van der Waals surface area contributed by atoms with E-state index in [1.165, 1.54) is 23.3 Å². The van der Waals surface area contributed by atoms with E-state index in [0.29, 0.717) is 0 Å². The second kappa shape index (κ2) is 6.41. The maximum absolute atomic E-state index is 10.4. The fraction of sp³-hybridized carbons (Fsp3) is 0.714. The summed E-state index contributed by atoms with van der Waals surface area (Å²) in [5.74, 6) is 0. The van der Waals surface area contributed by atoms with Crippen molar-refractivity contribution in [1.82, 2.24) is 0 Å². The van der Waals surface area contributed by atoms with E-state index >= 15 is 0 Å². The quantitative estimate of drug-likeness (QED) is 0.519. The van der Waals surface area contributed by atoms with Gasteiger partial charge >= 0.3 is 0 Å². The average molecular weight is 240 g/mol. The molecule has 0 bridgehead atoms. The molecule has 16 heavy (non-hydrogen) atoms. The molecular formula is C14H28OSi. The van der Waals surface area contributed by atoms with E-state index in [2.05, 4.69) is 33.4 Å². The van der Waals surface area contributed by atoms with Gasteiger partial charge in [0.2, 0.25) is 0 Å². The highest BCUT2D eigenvalue weighted by Crippen LogP contribution is 2.35. The first-order valence-corrected chi connectivity index (χ1v) is 9.04. The van der Waals surface area contributed by atoms with Gasteiger partial charge in [-0.1, -0.05) is 56.3 Å². The molecule has 0 aromatic carbocycles. The Hall–Kier alpha value is -0.343. The van der Waals surface area contributed by atoms with Crippen LogP contribution in [-0.4, -0.2) is 18.8 Å². The molecule has 0 rings (SSSR count). The summed E-state index contributed by atoms with van der Waals surface area (Å²) in [4.78, 5) is 0. The minimum atomic E-state index is -1.46. The van der Waals surface area contributed by atoms with Crippen molar-refractivity contribution in [3.8, 4) is 0 Å². The first-order valence-electron chi connectivity index (χ1n) is 6.42. The standard InChI is InChI=1S/C14H28OSi/c1-7-11-12-13(14(5,6)15)16(8-2,9-3)10-4/h7,12,15H,1,8-11H2,2-6H3/b13-12+. The minimum Gasteiger partial charge on any atom is -0.386 e. The number of aliphatic hydroxyl groups is 1. The highest BCUT2D eigenvalue weighted by atomic mass is 28.3. The summed E-state index contributed by atoms with van der Waals surface area (Å²) in [7, 11) is -1.46. The van der Waals surface area contributed by atoms with Crippen LogP contribution in [0.15, 0.2) is 23.9 Å². The van der Waals surface area contributed by atoms with Crippen LogP contribution in [0.4, 0.5) is 0 Å². The van der Waals surface area contributed by atoms with Crippen LogP contribution in [-0.2, 0) is 0 Å². The number of rotatable bonds is 7. The molecular weight excluding hydrogens is 212 g/mol. The van der Waals surface area contributed by atoms with Crippen LogP contribution >= 0.6 is 0 Å². The molecule has 0 aromatic heterocycles. The predicted molar refractivity (Wildman–Crippen MR) is 76.4 cm³/mol. The van der Waals surface area contributed by atoms with Crippen LogP contribution < -0.4 is 0 Å². The van der Waals surface area contributed by atoms with Gasteiger partial charge in [0.15, 0.2) is 0 Å². The highest BCUT2D eigenvalue weighted by Gasteiger charge is 2.38. The Morgan fingerprint density at radius 3 is 1.88 bits per heavy atom. The lowest BCUT2D eigenvalue weighted by atomic mass is 10.1. The molecule has 0 aliphatic carbocycles. The zero-order valence-corrected chi connectivity index (χ0v) is 12.6. The van der Waals surface area contributed by atoms with E-state index in [1.807, 2.05) is 19.9 Å². The van der Waals surface area contributed by atoms with E-state index < -0.39 is 13.7 Å². The van der Waals surface area contributed by atoms with Gasteiger partial charge in [0, 0.05) is 0 Å². The zero-order valence-electron chi connectivity index (χ0n) is 11.6. The van der Waals surface area contributed by atoms with Crippen LogP contribution in [0.1, 0.15) is 41.0 Å². The van der Waals surface area contributed by atoms with Gasteiger partial charge in [0.1, 0.15) is 0 Å². The van der Waals surface area contributed by atoms with Gasteiger partial charge in [-0.15, -0.1) is 6.58 Å². The summed E-state index contributed by atoms with van der Waals surface area (Å²) in [6.07, 6.45) is 5.00. The maximum Gasteiger partial charge on any atom is 0.0840 e. The number of allylic oxidation sites excluding steroid dienone is 2. The van der Waals surface area contributed by atoms with Gasteiger partial charge in [-0.25, -0.2) is 0 Å². The van der Waals surface area contributed by atoms with Gasteiger partial charge < -0.3 is 5.11 Å². The molecule has 0 saturated carbocycles. The monoisotopic (exact) mass is 240 g/mol. The molecule has 0 atom stereocenters. The first-order chi connectivity index (χ1) is 7.37. The van der Waals surface area contributed by atoms with E-state index in [0.717, 1.165) is 6.42 Å². The Kier molecular flexibility index (Phi) is 6.27. The Bertz CT molecular complexity index is 236. The van der Waals surface area contributed by atoms with Crippen LogP contribution in [0.5, 0.6) is 0 Å². The van der Waals surface area contributed by atoms with Crippen molar-refractivity contribution < 1.29 is 5.11 Å². The Morgan fingerprint density at radius 2 is 1.62 bits per heavy atom. The van der Waals surface area contributed by atoms with Crippen LogP contribution in [0, 0.1) is 0 Å². The summed E-state index contributed by atoms with van der Waals surface area (Å²) in [6, 6.07) is 3.65. The zero-order chi connectivity index (χ0) is 12.8. The third-order valence-corrected chi connectivity index (χ3v) is 9.77. The molecule has 0 fully saturated rings. The molecule has 0 aromatic rings. The fourth-order valence-corrected chi connectivity index (χ4v) is 7.13. The normalized spacial score (nSPS) is 14.0. The van der Waals surface area contributed by atoms with Crippen LogP contribution in [0.2, 0.25) is 18.1 Å². The summed E-state index contributed by atoms with van der Waals surface area (Å²) < 4.78 is 0. The molecule has 0 spiro atoms. The lowest BCUT2D eigenvalue weighted by molar-refractivity contribution is 0.126. The average Bonchev–Trinajstić information content (AvgIpc) is 2.23. The molecule has 0 aliphatic heterocycles. The number of hydrogen-bond donors (Lipinski definition) is 1. The summed E-state index contributed by atoms with van der Waals surface area (Å²) in [5.41, 5.74) is -0.669. The second-order valence-corrected chi connectivity index (χ2v) is 10.3. The van der Waals surface area contributed by atoms with Crippen LogP contribution in [0.3, 0.4) is 0 Å². The Morgan fingerprint density at radius 1 is 1.19 bits per heavy atom. The van der Waals surface area contributed by atoms with Crippen molar-refractivity contribution in [2.75, 3.05) is 0 Å². The summed E-state index contributed by atoms with van der Waals surface area (Å²) in [6.45, 7) is 14.4. The molecule has 0 unspecified atom stereocenters. The van der Waals surface area contributed by atoms with Gasteiger partial charge in [-0.3, -0.25) is 0 Å². The molecule has 1 N–H and O–H groups in total. The minimum absolute atomic E-state index is 0.669. The third-order valence-electron chi connectivity index (χ3n) is 3.75. The maximum atomic E-state index is 10.4. The predicted octanol–water partition coefficient (Wildman–Crippen LogP) is 4.31. The van der Waals surface area contributed by atoms with Gasteiger partial charge in [0.25, 0.3) is 0 Å². The van der Waals surface area contributed by atoms with Gasteiger partial charge in [0.05, 0.1) is 13.7 Å². The lowest BCUT2D eigenvalue weighted by Crippen LogP contribution is -2.44. The largest absolute Gasteiger partial charge is 0.386 e. The number of hydrogen-bond acceptors (Lipinski definition) is 1. The van der Waals surface area contributed by atoms with E-state index in [4.69, 9.17) is 0 Å². The molecule has 0 saturated heterocycles. The van der Waals surface area contributed by atoms with Crippen molar-refractivity contribution in [3.63, 3.8) is 0 Å². The van der Waals surface area contributed by atoms with Crippen molar-refractivity contribution in [1.29, 1.82) is 0 Å². The van der Waals surface area contributed by atoms with Crippen LogP contribution in [0.25, 0.3) is 0 Å². The molecule has 0 amide bonds. The molecule has 0 heterocycles. The fourth-order valence-electron chi connectivity index (χ4n) is 2.64. The van der Waals surface area contributed by atoms with Crippen molar-refractivity contribution in [2.24, 2.45) is 0 Å². The smallest absolute Gasteiger partial charge is 0.0840 e. The highest BCUT2D eigenvalue weighted by molar-refractivity contribution is 6.86. The topological polar surface area (TPSA) is 20.2 Å². The Balaban J connectivity index is 5.38. The molecule has 1 nitrogen and oxygen atoms in total. The molecule has 0 radical (unpaired) electrons. The van der Waals surface area contributed by atoms with Crippen molar-refractivity contribution >= 4 is 8.07 Å². The summed E-state index contributed by atoms with van der Waals surface area (Å²) in [5, 5.41) is 11.7. The van der Waals surface area contributed by atoms with Crippen molar-refractivity contribution in [3.05, 3.63) is 23.9 Å². The first kappa shape index (κ1) is 15.7. The third kappa shape index (κ3) is 3.60. The second-order valence-electron chi connectivity index (χ2n) is 5.04. The molecule has 94 valence electrons. The van der Waals surface area contributed by atoms with E-state index in [-0.39, 0.29) is 0 Å². The van der Waals surface area contributed by atoms with Crippen molar-refractivity contribution in [2.45, 2.75) is 64.8 Å². The Labute approximate surface area is 102 Å².